The fraction of sp³-hybridized carbons (Fsp3) is 0.636. The van der Waals surface area contributed by atoms with Crippen molar-refractivity contribution in [3.05, 3.63) is 22.1 Å². The molecule has 0 aliphatic carbocycles. The number of likely N-dealkylation sites (N-methyl/N-ethyl adjacent to an activating group) is 1. The number of rotatable bonds is 4. The standard InChI is InChI=1S/C11H17N5O3/c1-8-13-10(16(18)19)6-15(8)7-11(17)14(2)9-3-4-12-5-9/h6,9,12H,3-5,7H2,1-2H3. The molecular formula is C11H17N5O3. The zero-order valence-electron chi connectivity index (χ0n) is 11.0. The van der Waals surface area contributed by atoms with Crippen LogP contribution in [0.1, 0.15) is 12.2 Å². The summed E-state index contributed by atoms with van der Waals surface area (Å²) in [4.78, 5) is 27.7. The van der Waals surface area contributed by atoms with Crippen LogP contribution in [0.2, 0.25) is 0 Å². The van der Waals surface area contributed by atoms with Gasteiger partial charge >= 0.3 is 5.82 Å². The molecule has 1 aliphatic heterocycles. The average Bonchev–Trinajstić information content (AvgIpc) is 2.99. The highest BCUT2D eigenvalue weighted by molar-refractivity contribution is 5.76. The summed E-state index contributed by atoms with van der Waals surface area (Å²) in [5.41, 5.74) is 0. The smallest absolute Gasteiger partial charge is 0.358 e. The second-order valence-electron chi connectivity index (χ2n) is 4.68. The van der Waals surface area contributed by atoms with E-state index in [1.54, 1.807) is 18.9 Å². The van der Waals surface area contributed by atoms with Gasteiger partial charge in [0.25, 0.3) is 0 Å². The molecule has 1 aromatic rings. The zero-order chi connectivity index (χ0) is 14.0. The molecule has 1 fully saturated rings. The number of amides is 1. The Bertz CT molecular complexity index is 493. The molecule has 1 aliphatic rings. The zero-order valence-corrected chi connectivity index (χ0v) is 11.0. The van der Waals surface area contributed by atoms with Gasteiger partial charge in [-0.05, 0) is 22.9 Å². The minimum atomic E-state index is -0.557. The topological polar surface area (TPSA) is 93.3 Å². The van der Waals surface area contributed by atoms with Crippen molar-refractivity contribution in [3.8, 4) is 0 Å². The van der Waals surface area contributed by atoms with Gasteiger partial charge < -0.3 is 20.3 Å². The highest BCUT2D eigenvalue weighted by atomic mass is 16.6. The van der Waals surface area contributed by atoms with E-state index >= 15 is 0 Å². The first-order chi connectivity index (χ1) is 8.99. The van der Waals surface area contributed by atoms with Crippen molar-refractivity contribution in [2.24, 2.45) is 0 Å². The van der Waals surface area contributed by atoms with E-state index in [9.17, 15) is 14.9 Å². The van der Waals surface area contributed by atoms with Gasteiger partial charge in [-0.25, -0.2) is 0 Å². The van der Waals surface area contributed by atoms with Crippen LogP contribution in [0.5, 0.6) is 0 Å². The molecule has 0 aromatic carbocycles. The van der Waals surface area contributed by atoms with Gasteiger partial charge in [0.15, 0.2) is 0 Å². The largest absolute Gasteiger partial charge is 0.381 e. The summed E-state index contributed by atoms with van der Waals surface area (Å²) in [6.07, 6.45) is 2.24. The maximum Gasteiger partial charge on any atom is 0.381 e. The van der Waals surface area contributed by atoms with Crippen LogP contribution < -0.4 is 5.32 Å². The van der Waals surface area contributed by atoms with Crippen LogP contribution in [-0.2, 0) is 11.3 Å². The minimum Gasteiger partial charge on any atom is -0.358 e. The first-order valence-electron chi connectivity index (χ1n) is 6.13. The third-order valence-electron chi connectivity index (χ3n) is 3.43. The van der Waals surface area contributed by atoms with Crippen molar-refractivity contribution >= 4 is 11.7 Å². The summed E-state index contributed by atoms with van der Waals surface area (Å²) in [5.74, 6) is 0.178. The van der Waals surface area contributed by atoms with E-state index in [-0.39, 0.29) is 24.3 Å². The fourth-order valence-corrected chi connectivity index (χ4v) is 2.17. The third kappa shape index (κ3) is 2.90. The van der Waals surface area contributed by atoms with Crippen LogP contribution in [0, 0.1) is 17.0 Å². The van der Waals surface area contributed by atoms with E-state index in [0.29, 0.717) is 5.82 Å². The molecule has 0 saturated carbocycles. The number of aryl methyl sites for hydroxylation is 1. The Labute approximate surface area is 110 Å². The summed E-state index contributed by atoms with van der Waals surface area (Å²) in [6.45, 7) is 3.44. The van der Waals surface area contributed by atoms with Crippen LogP contribution in [0.4, 0.5) is 5.82 Å². The number of hydrogen-bond acceptors (Lipinski definition) is 5. The molecule has 104 valence electrons. The van der Waals surface area contributed by atoms with Crippen LogP contribution in [0.3, 0.4) is 0 Å². The lowest BCUT2D eigenvalue weighted by Crippen LogP contribution is -2.40. The van der Waals surface area contributed by atoms with Gasteiger partial charge in [0.2, 0.25) is 11.7 Å². The van der Waals surface area contributed by atoms with Gasteiger partial charge in [-0.1, -0.05) is 0 Å². The number of carbonyl (C=O) groups is 1. The van der Waals surface area contributed by atoms with Crippen LogP contribution >= 0.6 is 0 Å². The first kappa shape index (κ1) is 13.5. The number of aromatic nitrogens is 2. The highest BCUT2D eigenvalue weighted by Crippen LogP contribution is 2.12. The molecular weight excluding hydrogens is 250 g/mol. The van der Waals surface area contributed by atoms with Gasteiger partial charge in [-0.3, -0.25) is 9.36 Å². The van der Waals surface area contributed by atoms with Crippen molar-refractivity contribution in [2.45, 2.75) is 25.9 Å². The Balaban J connectivity index is 2.03. The van der Waals surface area contributed by atoms with Crippen LogP contribution in [0.15, 0.2) is 6.20 Å². The second-order valence-corrected chi connectivity index (χ2v) is 4.68. The minimum absolute atomic E-state index is 0.0657. The van der Waals surface area contributed by atoms with Crippen molar-refractivity contribution < 1.29 is 9.72 Å². The predicted molar refractivity (Wildman–Crippen MR) is 67.7 cm³/mol. The summed E-state index contributed by atoms with van der Waals surface area (Å²) < 4.78 is 1.51. The number of hydrogen-bond donors (Lipinski definition) is 1. The highest BCUT2D eigenvalue weighted by Gasteiger charge is 2.24. The monoisotopic (exact) mass is 267 g/mol. The van der Waals surface area contributed by atoms with Crippen LogP contribution in [-0.4, -0.2) is 51.5 Å². The van der Waals surface area contributed by atoms with Gasteiger partial charge in [0, 0.05) is 26.6 Å². The van der Waals surface area contributed by atoms with Crippen LogP contribution in [0.25, 0.3) is 0 Å². The van der Waals surface area contributed by atoms with Crippen molar-refractivity contribution in [2.75, 3.05) is 20.1 Å². The first-order valence-corrected chi connectivity index (χ1v) is 6.13. The number of nitro groups is 1. The molecule has 8 heteroatoms. The average molecular weight is 267 g/mol. The molecule has 2 heterocycles. The van der Waals surface area contributed by atoms with Crippen molar-refractivity contribution in [1.82, 2.24) is 19.8 Å². The van der Waals surface area contributed by atoms with E-state index in [1.165, 1.54) is 10.8 Å². The molecule has 0 bridgehead atoms. The summed E-state index contributed by atoms with van der Waals surface area (Å²) in [5, 5.41) is 13.8. The Kier molecular flexibility index (Phi) is 3.79. The van der Waals surface area contributed by atoms with Gasteiger partial charge in [-0.2, -0.15) is 0 Å². The van der Waals surface area contributed by atoms with E-state index in [4.69, 9.17) is 0 Å². The second kappa shape index (κ2) is 5.35. The lowest BCUT2D eigenvalue weighted by molar-refractivity contribution is -0.389. The molecule has 1 atom stereocenters. The SMILES string of the molecule is Cc1nc([N+](=O)[O-])cn1CC(=O)N(C)C1CCNC1. The quantitative estimate of drug-likeness (QED) is 0.608. The molecule has 1 unspecified atom stereocenters. The van der Waals surface area contributed by atoms with E-state index in [2.05, 4.69) is 10.3 Å². The Morgan fingerprint density at radius 2 is 2.47 bits per heavy atom. The summed E-state index contributed by atoms with van der Waals surface area (Å²) >= 11 is 0. The van der Waals surface area contributed by atoms with Gasteiger partial charge in [0.1, 0.15) is 12.7 Å². The molecule has 1 amide bonds. The lowest BCUT2D eigenvalue weighted by atomic mass is 10.2. The summed E-state index contributed by atoms with van der Waals surface area (Å²) in [6, 6.07) is 0.200. The number of carbonyl (C=O) groups excluding carboxylic acids is 1. The molecule has 2 rings (SSSR count). The third-order valence-corrected chi connectivity index (χ3v) is 3.43. The number of nitrogens with one attached hydrogen (secondary N) is 1. The normalized spacial score (nSPS) is 18.5. The Morgan fingerprint density at radius 1 is 1.74 bits per heavy atom. The Morgan fingerprint density at radius 3 is 3.00 bits per heavy atom. The number of imidazole rings is 1. The predicted octanol–water partition coefficient (Wildman–Crippen LogP) is -0.0800. The lowest BCUT2D eigenvalue weighted by Gasteiger charge is -2.23. The van der Waals surface area contributed by atoms with E-state index in [0.717, 1.165) is 19.5 Å². The van der Waals surface area contributed by atoms with Crippen molar-refractivity contribution in [1.29, 1.82) is 0 Å². The molecule has 8 nitrogen and oxygen atoms in total. The van der Waals surface area contributed by atoms with E-state index < -0.39 is 4.92 Å². The molecule has 19 heavy (non-hydrogen) atoms. The van der Waals surface area contributed by atoms with Gasteiger partial charge in [0.05, 0.1) is 0 Å². The molecule has 1 aromatic heterocycles. The maximum absolute atomic E-state index is 12.1. The summed E-state index contributed by atoms with van der Waals surface area (Å²) in [7, 11) is 1.76. The Hall–Kier alpha value is -1.96. The fourth-order valence-electron chi connectivity index (χ4n) is 2.17. The van der Waals surface area contributed by atoms with E-state index in [1.807, 2.05) is 0 Å². The number of nitrogens with zero attached hydrogens (tertiary/aromatic N) is 4. The van der Waals surface area contributed by atoms with Crippen molar-refractivity contribution in [3.63, 3.8) is 0 Å². The molecule has 1 saturated heterocycles. The molecule has 0 radical (unpaired) electrons. The molecule has 1 N–H and O–H groups in total. The molecule has 0 spiro atoms. The maximum atomic E-state index is 12.1. The van der Waals surface area contributed by atoms with Gasteiger partial charge in [-0.15, -0.1) is 0 Å².